The molecule has 10 rings (SSSR count). The molecule has 2 aliphatic heterocycles. The summed E-state index contributed by atoms with van der Waals surface area (Å²) in [6.45, 7) is 4.01. The fourth-order valence-electron chi connectivity index (χ4n) is 8.54. The van der Waals surface area contributed by atoms with Crippen molar-refractivity contribution in [2.24, 2.45) is 0 Å². The number of aromatic nitrogens is 6. The van der Waals surface area contributed by atoms with Crippen LogP contribution in [0.3, 0.4) is 0 Å². The second-order valence-electron chi connectivity index (χ2n) is 17.6. The minimum absolute atomic E-state index is 0. The number of hydrogen-bond acceptors (Lipinski definition) is 14. The Labute approximate surface area is 496 Å². The van der Waals surface area contributed by atoms with Crippen LogP contribution in [0.2, 0.25) is 10.0 Å². The van der Waals surface area contributed by atoms with Crippen molar-refractivity contribution in [3.63, 3.8) is 0 Å². The van der Waals surface area contributed by atoms with Gasteiger partial charge in [-0.2, -0.15) is 55.4 Å². The fourth-order valence-corrected chi connectivity index (χ4v) is 11.5. The number of rotatable bonds is 13. The van der Waals surface area contributed by atoms with Gasteiger partial charge >= 0.3 is 28.1 Å². The molecule has 30 heteroatoms. The summed E-state index contributed by atoms with van der Waals surface area (Å²) in [6.07, 6.45) is 3.34. The zero-order valence-electron chi connectivity index (χ0n) is 44.2. The van der Waals surface area contributed by atoms with E-state index in [1.807, 2.05) is 19.9 Å². The molecular formula is C52H53BBrCl2F2N10O10P2S2. The lowest BCUT2D eigenvalue weighted by molar-refractivity contribution is 0.385. The monoisotopic (exact) mass is 1300 g/mol. The van der Waals surface area contributed by atoms with Crippen LogP contribution in [0.5, 0.6) is 17.2 Å². The maximum absolute atomic E-state index is 15.4. The SMILES string of the molecule is COc1cc(-c2ccc(C)c(Cl)c2)c(F)cc1-n1c2c(ccc1=O)CN(S(=O)(=O)Nc1cccnn1)CC2.COc1cc(Br)c(F)cc1-n1c2c(ccc1=O)CN(S(=O)(=O)Nc1cccnn1)CC2.Cc1ccc(O[B]O)cc1Cl.P.P. The van der Waals surface area contributed by atoms with Crippen molar-refractivity contribution < 1.29 is 44.8 Å². The van der Waals surface area contributed by atoms with Gasteiger partial charge in [-0.25, -0.2) is 8.78 Å². The van der Waals surface area contributed by atoms with Crippen molar-refractivity contribution in [2.75, 3.05) is 36.8 Å². The van der Waals surface area contributed by atoms with Crippen molar-refractivity contribution >= 4 is 98.7 Å². The number of nitrogens with one attached hydrogen (secondary N) is 2. The Morgan fingerprint density at radius 2 is 1.12 bits per heavy atom. The van der Waals surface area contributed by atoms with Crippen LogP contribution in [0.4, 0.5) is 20.4 Å². The van der Waals surface area contributed by atoms with Crippen LogP contribution in [0.15, 0.2) is 136 Å². The molecule has 0 amide bonds. The molecule has 2 aliphatic rings. The van der Waals surface area contributed by atoms with Gasteiger partial charge in [0.1, 0.15) is 28.9 Å². The average Bonchev–Trinajstić information content (AvgIpc) is 3.47. The quantitative estimate of drug-likeness (QED) is 0.0731. The molecule has 431 valence electrons. The first-order chi connectivity index (χ1) is 38.2. The largest absolute Gasteiger partial charge is 0.569 e. The van der Waals surface area contributed by atoms with E-state index in [1.54, 1.807) is 54.6 Å². The van der Waals surface area contributed by atoms with Gasteiger partial charge in [0.25, 0.3) is 11.1 Å². The van der Waals surface area contributed by atoms with E-state index in [4.69, 9.17) is 37.7 Å². The highest BCUT2D eigenvalue weighted by atomic mass is 79.9. The van der Waals surface area contributed by atoms with Crippen molar-refractivity contribution in [1.29, 1.82) is 0 Å². The maximum atomic E-state index is 15.4. The standard InChI is InChI=1S/C26H23ClFN5O4S.C19H17BrFN5O4S.C7H7BClO2.2H3P/c1-16-5-6-17(12-20(16)27)19-13-24(37-2)23(14-21(19)28)33-22-9-11-32(15-18(22)7-8-26(33)34)38(35,36)31-25-4-3-10-29-30-25;1-30-17-9-13(20)14(21)10-16(17)26-15-6-8-25(11-12(15)4-5-19(26)27)31(28,29)24-18-3-2-7-22-23-18;1-5-2-3-6(11-8-10)4-7(5)9;;/h3-8,10,12-14H,9,11,15H2,1-2H3,(H,30,31);2-5,7,9-10H,6,8,11H2,1H3,(H,23,24);2-4,10H,1H3;2*1H3. The van der Waals surface area contributed by atoms with E-state index in [9.17, 15) is 30.8 Å². The fraction of sp³-hybridized carbons (Fsp3) is 0.192. The van der Waals surface area contributed by atoms with Crippen LogP contribution in [-0.4, -0.2) is 95.0 Å². The van der Waals surface area contributed by atoms with Crippen LogP contribution in [0.1, 0.15) is 33.6 Å². The average molecular weight is 1300 g/mol. The van der Waals surface area contributed by atoms with E-state index in [0.717, 1.165) is 11.1 Å². The molecule has 20 nitrogen and oxygen atoms in total. The number of halogens is 5. The molecule has 0 spiro atoms. The second-order valence-corrected chi connectivity index (χ2v) is 22.6. The third-order valence-corrected chi connectivity index (χ3v) is 16.9. The molecule has 0 fully saturated rings. The predicted octanol–water partition coefficient (Wildman–Crippen LogP) is 8.04. The lowest BCUT2D eigenvalue weighted by atomic mass is 10.0. The minimum atomic E-state index is -3.93. The number of ether oxygens (including phenoxy) is 2. The van der Waals surface area contributed by atoms with Gasteiger partial charge in [0.15, 0.2) is 11.6 Å². The summed E-state index contributed by atoms with van der Waals surface area (Å²) < 4.78 is 107. The smallest absolute Gasteiger partial charge is 0.537 e. The molecule has 0 saturated carbocycles. The van der Waals surface area contributed by atoms with Gasteiger partial charge in [-0.1, -0.05) is 53.5 Å². The normalized spacial score (nSPS) is 13.0. The first kappa shape index (κ1) is 64.7. The van der Waals surface area contributed by atoms with Crippen molar-refractivity contribution in [3.8, 4) is 39.8 Å². The molecule has 1 radical (unpaired) electrons. The highest BCUT2D eigenvalue weighted by Gasteiger charge is 2.32. The second kappa shape index (κ2) is 28.2. The molecule has 82 heavy (non-hydrogen) atoms. The summed E-state index contributed by atoms with van der Waals surface area (Å²) in [5.41, 5.74) is 4.82. The molecule has 4 aromatic carbocycles. The number of hydrogen-bond donors (Lipinski definition) is 3. The van der Waals surface area contributed by atoms with Gasteiger partial charge in [0, 0.05) is 103 Å². The number of pyridine rings is 2. The third-order valence-electron chi connectivity index (χ3n) is 12.5. The lowest BCUT2D eigenvalue weighted by Gasteiger charge is -2.30. The molecule has 8 aromatic rings. The van der Waals surface area contributed by atoms with Crippen LogP contribution in [0.25, 0.3) is 22.5 Å². The molecule has 0 bridgehead atoms. The van der Waals surface area contributed by atoms with Gasteiger partial charge in [-0.3, -0.25) is 28.2 Å². The molecule has 4 aromatic heterocycles. The summed E-state index contributed by atoms with van der Waals surface area (Å²) in [5.74, 6) is 0.220. The Balaban J connectivity index is 0.000000221. The van der Waals surface area contributed by atoms with E-state index in [0.29, 0.717) is 57.3 Å². The van der Waals surface area contributed by atoms with E-state index >= 15 is 4.39 Å². The molecule has 2 atom stereocenters. The molecule has 0 saturated heterocycles. The Morgan fingerprint density at radius 3 is 1.57 bits per heavy atom. The number of methoxy groups -OCH3 is 2. The minimum Gasteiger partial charge on any atom is -0.537 e. The first-order valence-corrected chi connectivity index (χ1v) is 28.3. The number of fused-ring (bicyclic) bond motifs is 2. The van der Waals surface area contributed by atoms with Crippen LogP contribution >= 0.6 is 58.9 Å². The third kappa shape index (κ3) is 15.0. The van der Waals surface area contributed by atoms with Gasteiger partial charge in [0.2, 0.25) is 0 Å². The van der Waals surface area contributed by atoms with Gasteiger partial charge in [-0.05, 0) is 112 Å². The Kier molecular flexibility index (Phi) is 22.3. The Bertz CT molecular complexity index is 3970. The van der Waals surface area contributed by atoms with Crippen molar-refractivity contribution in [1.82, 2.24) is 38.1 Å². The van der Waals surface area contributed by atoms with Crippen LogP contribution in [-0.2, 0) is 46.3 Å². The molecule has 3 N–H and O–H groups in total. The summed E-state index contributed by atoms with van der Waals surface area (Å²) in [5, 5.41) is 24.3. The zero-order chi connectivity index (χ0) is 57.5. The number of aryl methyl sites for hydroxylation is 2. The summed E-state index contributed by atoms with van der Waals surface area (Å²) in [4.78, 5) is 25.7. The van der Waals surface area contributed by atoms with E-state index in [1.165, 1.54) is 92.9 Å². The van der Waals surface area contributed by atoms with Crippen LogP contribution in [0, 0.1) is 25.5 Å². The number of nitrogens with zero attached hydrogens (tertiary/aromatic N) is 8. The van der Waals surface area contributed by atoms with Gasteiger partial charge in [-0.15, -0.1) is 10.2 Å². The van der Waals surface area contributed by atoms with Crippen LogP contribution < -0.4 is 34.7 Å². The zero-order valence-corrected chi connectivity index (χ0v) is 51.7. The number of anilines is 2. The first-order valence-electron chi connectivity index (χ1n) is 23.9. The summed E-state index contributed by atoms with van der Waals surface area (Å²) in [7, 11) is -4.33. The maximum Gasteiger partial charge on any atom is 0.569 e. The summed E-state index contributed by atoms with van der Waals surface area (Å²) in [6, 6.07) is 27.8. The Morgan fingerprint density at radius 1 is 0.646 bits per heavy atom. The summed E-state index contributed by atoms with van der Waals surface area (Å²) >= 11 is 15.1. The van der Waals surface area contributed by atoms with Gasteiger partial charge in [0.05, 0.1) is 30.1 Å². The molecule has 2 unspecified atom stereocenters. The van der Waals surface area contributed by atoms with Gasteiger partial charge < -0.3 is 19.2 Å². The van der Waals surface area contributed by atoms with E-state index < -0.39 is 32.1 Å². The highest BCUT2D eigenvalue weighted by Crippen LogP contribution is 2.36. The van der Waals surface area contributed by atoms with Crippen molar-refractivity contribution in [3.05, 3.63) is 202 Å². The van der Waals surface area contributed by atoms with Crippen molar-refractivity contribution in [2.45, 2.75) is 39.8 Å². The Hall–Kier alpha value is -6.44. The number of benzene rings is 4. The predicted molar refractivity (Wildman–Crippen MR) is 324 cm³/mol. The topological polar surface area (TPSA) is 242 Å². The van der Waals surface area contributed by atoms with E-state index in [-0.39, 0.29) is 109 Å². The van der Waals surface area contributed by atoms with E-state index in [2.05, 4.69) is 50.4 Å². The molecule has 6 heterocycles. The molecule has 0 aliphatic carbocycles. The lowest BCUT2D eigenvalue weighted by Crippen LogP contribution is -2.41. The highest BCUT2D eigenvalue weighted by molar-refractivity contribution is 9.10. The molecular weight excluding hydrogens is 1250 g/mol.